The fourth-order valence-corrected chi connectivity index (χ4v) is 7.05. The molecule has 0 amide bonds. The van der Waals surface area contributed by atoms with Crippen LogP contribution in [0.15, 0.2) is 191 Å². The maximum absolute atomic E-state index is 14.1. The number of hydrogen-bond donors (Lipinski definition) is 2. The number of rotatable bonds is 4. The molecule has 5 nitrogen and oxygen atoms in total. The third-order valence-corrected chi connectivity index (χ3v) is 9.25. The lowest BCUT2D eigenvalue weighted by molar-refractivity contribution is -0.114. The molecule has 0 spiro atoms. The Morgan fingerprint density at radius 3 is 1.45 bits per heavy atom. The second-order valence-electron chi connectivity index (χ2n) is 12.3. The molecule has 1 aromatic heterocycles. The molecule has 4 aliphatic heterocycles. The van der Waals surface area contributed by atoms with Crippen LogP contribution in [-0.4, -0.2) is 28.2 Å². The van der Waals surface area contributed by atoms with Crippen LogP contribution >= 0.6 is 0 Å². The number of aliphatic imine (C=N–C) groups is 2. The Labute approximate surface area is 283 Å². The van der Waals surface area contributed by atoms with Crippen LogP contribution < -0.4 is 16.0 Å². The van der Waals surface area contributed by atoms with Gasteiger partial charge in [-0.3, -0.25) is 4.79 Å². The van der Waals surface area contributed by atoms with E-state index in [-0.39, 0.29) is 5.78 Å². The summed E-state index contributed by atoms with van der Waals surface area (Å²) in [7, 11) is 0. The van der Waals surface area contributed by atoms with Gasteiger partial charge < -0.3 is 10.3 Å². The Kier molecular flexibility index (Phi) is 6.95. The van der Waals surface area contributed by atoms with Crippen molar-refractivity contribution in [1.82, 2.24) is 10.3 Å². The first-order valence-electron chi connectivity index (χ1n) is 16.4. The summed E-state index contributed by atoms with van der Waals surface area (Å²) in [5, 5.41) is 5.53. The summed E-state index contributed by atoms with van der Waals surface area (Å²) in [4.78, 5) is 28.4. The highest BCUT2D eigenvalue weighted by Crippen LogP contribution is 2.37. The lowest BCUT2D eigenvalue weighted by Crippen LogP contribution is -2.31. The van der Waals surface area contributed by atoms with Gasteiger partial charge in [-0.25, -0.2) is 9.98 Å². The van der Waals surface area contributed by atoms with Gasteiger partial charge in [0.2, 0.25) is 0 Å². The van der Waals surface area contributed by atoms with Gasteiger partial charge in [-0.15, -0.1) is 0 Å². The van der Waals surface area contributed by atoms with E-state index in [1.54, 1.807) is 6.08 Å². The number of aromatic amines is 1. The Hall–Kier alpha value is -6.59. The van der Waals surface area contributed by atoms with Gasteiger partial charge in [0.1, 0.15) is 6.04 Å². The molecule has 5 heteroatoms. The number of H-pyrrole nitrogens is 1. The maximum atomic E-state index is 14.1. The zero-order valence-electron chi connectivity index (χ0n) is 26.5. The minimum Gasteiger partial charge on any atom is -0.371 e. The van der Waals surface area contributed by atoms with Crippen molar-refractivity contribution < 1.29 is 4.79 Å². The van der Waals surface area contributed by atoms with Crippen molar-refractivity contribution >= 4 is 39.5 Å². The molecular formula is C44H30N4O. The number of nitrogens with one attached hydrogen (secondary N) is 2. The van der Waals surface area contributed by atoms with Gasteiger partial charge in [0, 0.05) is 44.8 Å². The fourth-order valence-electron chi connectivity index (χ4n) is 7.05. The number of fused-ring (bicyclic) bond motifs is 6. The first-order valence-corrected chi connectivity index (χ1v) is 16.4. The van der Waals surface area contributed by atoms with E-state index in [1.165, 1.54) is 0 Å². The fraction of sp³-hybridized carbons (Fsp3) is 0.0227. The average Bonchev–Trinajstić information content (AvgIpc) is 3.98. The number of aromatic nitrogens is 1. The van der Waals surface area contributed by atoms with Gasteiger partial charge in [0.25, 0.3) is 0 Å². The van der Waals surface area contributed by atoms with Crippen molar-refractivity contribution in [2.75, 3.05) is 0 Å². The zero-order valence-corrected chi connectivity index (χ0v) is 26.5. The summed E-state index contributed by atoms with van der Waals surface area (Å²) in [6.45, 7) is 0. The Morgan fingerprint density at radius 1 is 0.469 bits per heavy atom. The second kappa shape index (κ2) is 11.9. The van der Waals surface area contributed by atoms with Gasteiger partial charge in [0.05, 0.1) is 22.8 Å². The van der Waals surface area contributed by atoms with E-state index in [2.05, 4.69) is 77.1 Å². The lowest BCUT2D eigenvalue weighted by Gasteiger charge is -2.20. The van der Waals surface area contributed by atoms with Crippen molar-refractivity contribution in [2.45, 2.75) is 6.04 Å². The van der Waals surface area contributed by atoms with E-state index in [1.807, 2.05) is 91.0 Å². The summed E-state index contributed by atoms with van der Waals surface area (Å²) in [5.41, 5.74) is 11.6. The van der Waals surface area contributed by atoms with Gasteiger partial charge in [-0.1, -0.05) is 121 Å². The predicted octanol–water partition coefficient (Wildman–Crippen LogP) is 6.70. The van der Waals surface area contributed by atoms with Crippen LogP contribution in [0, 0.1) is 0 Å². The lowest BCUT2D eigenvalue weighted by atomic mass is 9.94. The molecule has 1 atom stereocenters. The third-order valence-electron chi connectivity index (χ3n) is 9.25. The van der Waals surface area contributed by atoms with Crippen molar-refractivity contribution in [3.63, 3.8) is 0 Å². The van der Waals surface area contributed by atoms with Crippen molar-refractivity contribution in [1.29, 1.82) is 0 Å². The van der Waals surface area contributed by atoms with Gasteiger partial charge in [0.15, 0.2) is 5.78 Å². The van der Waals surface area contributed by atoms with Crippen LogP contribution in [0.3, 0.4) is 0 Å². The minimum atomic E-state index is -0.634. The van der Waals surface area contributed by atoms with E-state index in [4.69, 9.17) is 9.98 Å². The summed E-state index contributed by atoms with van der Waals surface area (Å²) in [6, 6.07) is 44.5. The van der Waals surface area contributed by atoms with E-state index in [0.29, 0.717) is 0 Å². The highest BCUT2D eigenvalue weighted by atomic mass is 16.1. The number of nitrogens with zero attached hydrogens (tertiary/aromatic N) is 2. The number of carbonyl (C=O) groups excluding carboxylic acids is 1. The molecular weight excluding hydrogens is 601 g/mol. The molecule has 4 aromatic carbocycles. The molecule has 4 aliphatic rings. The van der Waals surface area contributed by atoms with Crippen molar-refractivity contribution in [3.05, 3.63) is 214 Å². The van der Waals surface area contributed by atoms with E-state index >= 15 is 0 Å². The quantitative estimate of drug-likeness (QED) is 0.232. The number of hydrogen-bond acceptors (Lipinski definition) is 4. The van der Waals surface area contributed by atoms with Gasteiger partial charge in [-0.2, -0.15) is 0 Å². The second-order valence-corrected chi connectivity index (χ2v) is 12.3. The number of allylic oxidation sites excluding steroid dienone is 5. The monoisotopic (exact) mass is 630 g/mol. The normalized spacial score (nSPS) is 18.2. The molecule has 0 aliphatic carbocycles. The molecule has 0 saturated heterocycles. The topological polar surface area (TPSA) is 69.6 Å². The summed E-state index contributed by atoms with van der Waals surface area (Å²) < 4.78 is 0. The molecule has 0 radical (unpaired) electrons. The molecule has 0 saturated carbocycles. The highest BCUT2D eigenvalue weighted by molar-refractivity contribution is 6.32. The molecule has 8 bridgehead atoms. The summed E-state index contributed by atoms with van der Waals surface area (Å²) in [5.74, 6) is -0.0275. The molecule has 5 aromatic rings. The van der Waals surface area contributed by atoms with Crippen molar-refractivity contribution in [3.8, 4) is 0 Å². The Balaban J connectivity index is 1.40. The number of ketones is 1. The smallest absolute Gasteiger partial charge is 0.184 e. The molecule has 232 valence electrons. The standard InChI is InChI=1S/C44H30N4O/c49-39-27-38-42(30-17-9-3-10-18-30)36-24-23-34(46-36)40(28-13-5-1-6-14-28)32-21-22-33(45-32)41(29-15-7-2-8-16-29)35-25-26-37(47-35)43(44(39)48-38)31-19-11-4-12-20-31/h1-27,44-45,48H. The molecule has 49 heavy (non-hydrogen) atoms. The number of carbonyl (C=O) groups is 1. The van der Waals surface area contributed by atoms with Crippen LogP contribution in [0.5, 0.6) is 0 Å². The first kappa shape index (κ1) is 28.6. The van der Waals surface area contributed by atoms with Crippen molar-refractivity contribution in [2.24, 2.45) is 9.98 Å². The maximum Gasteiger partial charge on any atom is 0.184 e. The SMILES string of the molecule is O=C1C=C2NC1C(c1ccccc1)=C1C=CC(=N1)C(c1ccccc1)=c1ccc([nH]1)=C(c1ccccc1)C1=NC(=C2c2ccccc2)C=C1. The van der Waals surface area contributed by atoms with Crippen LogP contribution in [0.25, 0.3) is 22.3 Å². The Bertz CT molecular complexity index is 2490. The molecule has 9 rings (SSSR count). The van der Waals surface area contributed by atoms with Crippen LogP contribution in [0.2, 0.25) is 0 Å². The molecule has 5 heterocycles. The number of benzene rings is 4. The highest BCUT2D eigenvalue weighted by Gasteiger charge is 2.34. The third kappa shape index (κ3) is 5.09. The first-order chi connectivity index (χ1) is 24.2. The van der Waals surface area contributed by atoms with E-state index < -0.39 is 6.04 Å². The van der Waals surface area contributed by atoms with E-state index in [0.717, 1.165) is 83.8 Å². The molecule has 0 fully saturated rings. The van der Waals surface area contributed by atoms with Gasteiger partial charge in [-0.05, 0) is 58.7 Å². The van der Waals surface area contributed by atoms with Crippen LogP contribution in [-0.2, 0) is 4.79 Å². The minimum absolute atomic E-state index is 0.0275. The Morgan fingerprint density at radius 2 is 0.918 bits per heavy atom. The van der Waals surface area contributed by atoms with Crippen LogP contribution in [0.1, 0.15) is 22.3 Å². The van der Waals surface area contributed by atoms with Crippen LogP contribution in [0.4, 0.5) is 0 Å². The zero-order chi connectivity index (χ0) is 32.7. The predicted molar refractivity (Wildman–Crippen MR) is 198 cm³/mol. The van der Waals surface area contributed by atoms with Gasteiger partial charge >= 0.3 is 0 Å². The molecule has 2 N–H and O–H groups in total. The average molecular weight is 631 g/mol. The van der Waals surface area contributed by atoms with E-state index in [9.17, 15) is 4.79 Å². The summed E-state index contributed by atoms with van der Waals surface area (Å²) >= 11 is 0. The summed E-state index contributed by atoms with van der Waals surface area (Å²) in [6.07, 6.45) is 9.94. The largest absolute Gasteiger partial charge is 0.371 e. The molecule has 1 unspecified atom stereocenters.